The molecule has 2 amide bonds. The Bertz CT molecular complexity index is 1140. The third-order valence-corrected chi connectivity index (χ3v) is 5.54. The van der Waals surface area contributed by atoms with Crippen molar-refractivity contribution < 1.29 is 23.5 Å². The van der Waals surface area contributed by atoms with Gasteiger partial charge in [-0.2, -0.15) is 0 Å². The normalized spacial score (nSPS) is 10.6. The predicted octanol–water partition coefficient (Wildman–Crippen LogP) is 5.69. The first kappa shape index (κ1) is 25.0. The molecule has 0 aromatic heterocycles. The molecule has 0 aliphatic rings. The molecule has 3 aromatic carbocycles. The fourth-order valence-electron chi connectivity index (χ4n) is 3.06. The van der Waals surface area contributed by atoms with Gasteiger partial charge in [-0.1, -0.05) is 56.3 Å². The van der Waals surface area contributed by atoms with Gasteiger partial charge in [0.2, 0.25) is 5.91 Å². The van der Waals surface area contributed by atoms with Crippen LogP contribution in [0.15, 0.2) is 78.9 Å². The molecule has 0 aliphatic heterocycles. The van der Waals surface area contributed by atoms with Crippen molar-refractivity contribution in [3.63, 3.8) is 0 Å². The average Bonchev–Trinajstić information content (AvgIpc) is 2.83. The molecule has 8 heteroatoms. The number of rotatable bonds is 9. The quantitative estimate of drug-likeness (QED) is 0.315. The third kappa shape index (κ3) is 7.18. The smallest absolute Gasteiger partial charge is 0.420 e. The molecule has 3 aromatic rings. The Morgan fingerprint density at radius 1 is 0.941 bits per heavy atom. The first-order chi connectivity index (χ1) is 16.3. The van der Waals surface area contributed by atoms with Crippen LogP contribution in [0.3, 0.4) is 0 Å². The van der Waals surface area contributed by atoms with Gasteiger partial charge >= 0.3 is 6.09 Å². The number of halogens is 1. The molecule has 0 saturated heterocycles. The minimum Gasteiger partial charge on any atom is -0.444 e. The Labute approximate surface area is 202 Å². The number of nitrogens with one attached hydrogen (secondary N) is 1. The van der Waals surface area contributed by atoms with Gasteiger partial charge < -0.3 is 10.1 Å². The lowest BCUT2D eigenvalue weighted by atomic mass is 10.0. The maximum absolute atomic E-state index is 13.2. The minimum absolute atomic E-state index is 0.0319. The molecule has 6 nitrogen and oxygen atoms in total. The van der Waals surface area contributed by atoms with Crippen LogP contribution in [0.25, 0.3) is 0 Å². The fraction of sp³-hybridized carbons (Fsp3) is 0.192. The standard InChI is InChI=1S/C26H25FN2O4S/c1-18(2)34-29(26(32)33-17-19-8-4-3-5-9-19)16-24(30)28-23-11-7-6-10-22(23)25(31)20-12-14-21(27)15-13-20/h3-15,18H,16-17H2,1-2H3,(H,28,30). The van der Waals surface area contributed by atoms with Crippen LogP contribution in [0.1, 0.15) is 35.3 Å². The summed E-state index contributed by atoms with van der Waals surface area (Å²) in [5, 5.41) is 2.74. The van der Waals surface area contributed by atoms with Crippen molar-refractivity contribution in [1.82, 2.24) is 4.31 Å². The Balaban J connectivity index is 1.69. The SMILES string of the molecule is CC(C)SN(CC(=O)Nc1ccccc1C(=O)c1ccc(F)cc1)C(=O)OCc1ccccc1. The van der Waals surface area contributed by atoms with Gasteiger partial charge in [0.05, 0.1) is 5.69 Å². The molecule has 0 atom stereocenters. The number of carbonyl (C=O) groups is 3. The number of ketones is 1. The van der Waals surface area contributed by atoms with Crippen LogP contribution in [0.5, 0.6) is 0 Å². The summed E-state index contributed by atoms with van der Waals surface area (Å²) in [7, 11) is 0. The van der Waals surface area contributed by atoms with E-state index in [0.717, 1.165) is 5.56 Å². The van der Waals surface area contributed by atoms with Crippen LogP contribution in [0.2, 0.25) is 0 Å². The summed E-state index contributed by atoms with van der Waals surface area (Å²) in [5.74, 6) is -1.28. The van der Waals surface area contributed by atoms with Crippen LogP contribution in [0, 0.1) is 5.82 Å². The van der Waals surface area contributed by atoms with E-state index in [4.69, 9.17) is 4.74 Å². The van der Waals surface area contributed by atoms with Gasteiger partial charge in [0.25, 0.3) is 0 Å². The first-order valence-corrected chi connectivity index (χ1v) is 11.5. The van der Waals surface area contributed by atoms with E-state index in [-0.39, 0.29) is 29.7 Å². The van der Waals surface area contributed by atoms with Crippen molar-refractivity contribution in [2.45, 2.75) is 25.7 Å². The molecule has 0 unspecified atom stereocenters. The van der Waals surface area contributed by atoms with Crippen molar-refractivity contribution in [3.05, 3.63) is 101 Å². The summed E-state index contributed by atoms with van der Waals surface area (Å²) in [5.41, 5.74) is 1.69. The lowest BCUT2D eigenvalue weighted by Gasteiger charge is -2.22. The molecule has 0 radical (unpaired) electrons. The summed E-state index contributed by atoms with van der Waals surface area (Å²) < 4.78 is 19.8. The van der Waals surface area contributed by atoms with Crippen LogP contribution in [-0.2, 0) is 16.1 Å². The van der Waals surface area contributed by atoms with E-state index in [1.54, 1.807) is 24.3 Å². The highest BCUT2D eigenvalue weighted by Crippen LogP contribution is 2.22. The van der Waals surface area contributed by atoms with Crippen LogP contribution < -0.4 is 5.32 Å². The van der Waals surface area contributed by atoms with Gasteiger partial charge in [-0.25, -0.2) is 13.5 Å². The summed E-state index contributed by atoms with van der Waals surface area (Å²) in [4.78, 5) is 38.3. The Morgan fingerprint density at radius 3 is 2.26 bits per heavy atom. The minimum atomic E-state index is -0.631. The van der Waals surface area contributed by atoms with Crippen LogP contribution >= 0.6 is 11.9 Å². The number of nitrogens with zero attached hydrogens (tertiary/aromatic N) is 1. The van der Waals surface area contributed by atoms with Crippen LogP contribution in [0.4, 0.5) is 14.9 Å². The van der Waals surface area contributed by atoms with Gasteiger partial charge in [-0.3, -0.25) is 9.59 Å². The second-order valence-electron chi connectivity index (χ2n) is 7.66. The van der Waals surface area contributed by atoms with Gasteiger partial charge in [-0.05, 0) is 53.9 Å². The average molecular weight is 481 g/mol. The number of hydrogen-bond donors (Lipinski definition) is 1. The third-order valence-electron chi connectivity index (χ3n) is 4.59. The van der Waals surface area contributed by atoms with Gasteiger partial charge in [0.15, 0.2) is 5.78 Å². The zero-order valence-electron chi connectivity index (χ0n) is 18.9. The number of ether oxygens (including phenoxy) is 1. The summed E-state index contributed by atoms with van der Waals surface area (Å²) in [6.07, 6.45) is -0.631. The van der Waals surface area contributed by atoms with E-state index in [1.165, 1.54) is 40.5 Å². The zero-order chi connectivity index (χ0) is 24.5. The van der Waals surface area contributed by atoms with Crippen molar-refractivity contribution >= 4 is 35.4 Å². The first-order valence-electron chi connectivity index (χ1n) is 10.7. The molecule has 0 heterocycles. The molecule has 0 spiro atoms. The highest BCUT2D eigenvalue weighted by Gasteiger charge is 2.22. The van der Waals surface area contributed by atoms with E-state index >= 15 is 0 Å². The van der Waals surface area contributed by atoms with Gasteiger partial charge in [0, 0.05) is 16.4 Å². The predicted molar refractivity (Wildman–Crippen MR) is 131 cm³/mol. The van der Waals surface area contributed by atoms with Gasteiger partial charge in [0.1, 0.15) is 19.0 Å². The second kappa shape index (κ2) is 12.0. The molecule has 1 N–H and O–H groups in total. The van der Waals surface area contributed by atoms with Crippen LogP contribution in [-0.4, -0.2) is 33.9 Å². The van der Waals surface area contributed by atoms with E-state index in [1.807, 2.05) is 44.2 Å². The highest BCUT2D eigenvalue weighted by atomic mass is 32.2. The second-order valence-corrected chi connectivity index (χ2v) is 9.26. The van der Waals surface area contributed by atoms with Crippen molar-refractivity contribution in [2.24, 2.45) is 0 Å². The molecular formula is C26H25FN2O4S. The number of amides is 2. The van der Waals surface area contributed by atoms with E-state index in [2.05, 4.69) is 5.32 Å². The molecule has 34 heavy (non-hydrogen) atoms. The largest absolute Gasteiger partial charge is 0.444 e. The van der Waals surface area contributed by atoms with Gasteiger partial charge in [-0.15, -0.1) is 0 Å². The molecule has 0 saturated carbocycles. The number of hydrogen-bond acceptors (Lipinski definition) is 5. The number of anilines is 1. The maximum Gasteiger partial charge on any atom is 0.420 e. The Morgan fingerprint density at radius 2 is 1.59 bits per heavy atom. The molecule has 0 bridgehead atoms. The van der Waals surface area contributed by atoms with Crippen molar-refractivity contribution in [2.75, 3.05) is 11.9 Å². The lowest BCUT2D eigenvalue weighted by molar-refractivity contribution is -0.116. The highest BCUT2D eigenvalue weighted by molar-refractivity contribution is 7.98. The summed E-state index contributed by atoms with van der Waals surface area (Å²) in [6.45, 7) is 3.62. The summed E-state index contributed by atoms with van der Waals surface area (Å²) in [6, 6.07) is 21.0. The number of benzene rings is 3. The molecule has 0 aliphatic carbocycles. The van der Waals surface area contributed by atoms with Crippen molar-refractivity contribution in [3.8, 4) is 0 Å². The zero-order valence-corrected chi connectivity index (χ0v) is 19.7. The molecular weight excluding hydrogens is 455 g/mol. The lowest BCUT2D eigenvalue weighted by Crippen LogP contribution is -2.34. The van der Waals surface area contributed by atoms with E-state index in [0.29, 0.717) is 11.3 Å². The Hall–Kier alpha value is -3.65. The Kier molecular flexibility index (Phi) is 8.81. The monoisotopic (exact) mass is 480 g/mol. The topological polar surface area (TPSA) is 75.7 Å². The number of para-hydroxylation sites is 1. The van der Waals surface area contributed by atoms with E-state index in [9.17, 15) is 18.8 Å². The maximum atomic E-state index is 13.2. The number of carbonyl (C=O) groups excluding carboxylic acids is 3. The fourth-order valence-corrected chi connectivity index (χ4v) is 3.90. The molecule has 0 fully saturated rings. The molecule has 176 valence electrons. The molecule has 3 rings (SSSR count). The van der Waals surface area contributed by atoms with E-state index < -0.39 is 17.8 Å². The van der Waals surface area contributed by atoms with Crippen molar-refractivity contribution in [1.29, 1.82) is 0 Å². The summed E-state index contributed by atoms with van der Waals surface area (Å²) >= 11 is 1.19.